The van der Waals surface area contributed by atoms with Crippen molar-refractivity contribution in [2.75, 3.05) is 0 Å². The van der Waals surface area contributed by atoms with E-state index in [0.29, 0.717) is 0 Å². The van der Waals surface area contributed by atoms with E-state index in [0.717, 1.165) is 0 Å². The quantitative estimate of drug-likeness (QED) is 0.136. The van der Waals surface area contributed by atoms with Gasteiger partial charge >= 0.3 is 0 Å². The zero-order chi connectivity index (χ0) is 27.1. The maximum atomic E-state index is 2.40. The third-order valence-electron chi connectivity index (χ3n) is 10.0. The van der Waals surface area contributed by atoms with Gasteiger partial charge < -0.3 is 0 Å². The van der Waals surface area contributed by atoms with Gasteiger partial charge in [0, 0.05) is 0 Å². The highest BCUT2D eigenvalue weighted by atomic mass is 14.3. The largest absolute Gasteiger partial charge is 0.0616 e. The summed E-state index contributed by atoms with van der Waals surface area (Å²) < 4.78 is 0. The van der Waals surface area contributed by atoms with Gasteiger partial charge in [-0.25, -0.2) is 0 Å². The van der Waals surface area contributed by atoms with E-state index in [4.69, 9.17) is 0 Å². The zero-order valence-corrected chi connectivity index (χ0v) is 22.7. The molecule has 0 bridgehead atoms. The Balaban J connectivity index is 1.62. The van der Waals surface area contributed by atoms with E-state index in [-0.39, 0.29) is 0 Å². The molecular weight excluding hydrogens is 504 g/mol. The van der Waals surface area contributed by atoms with Gasteiger partial charge in [-0.1, -0.05) is 121 Å². The van der Waals surface area contributed by atoms with Gasteiger partial charge in [-0.15, -0.1) is 0 Å². The summed E-state index contributed by atoms with van der Waals surface area (Å²) in [4.78, 5) is 0. The Labute approximate surface area is 240 Å². The first-order valence-electron chi connectivity index (χ1n) is 14.8. The highest BCUT2D eigenvalue weighted by Crippen LogP contribution is 2.52. The van der Waals surface area contributed by atoms with Crippen LogP contribution < -0.4 is 0 Å². The van der Waals surface area contributed by atoms with Crippen LogP contribution in [0.4, 0.5) is 0 Å². The van der Waals surface area contributed by atoms with Crippen molar-refractivity contribution >= 4 is 108 Å². The van der Waals surface area contributed by atoms with Gasteiger partial charge in [-0.2, -0.15) is 0 Å². The van der Waals surface area contributed by atoms with Crippen molar-refractivity contribution in [3.8, 4) is 0 Å². The fourth-order valence-corrected chi connectivity index (χ4v) is 8.49. The van der Waals surface area contributed by atoms with Crippen molar-refractivity contribution in [1.82, 2.24) is 0 Å². The number of rotatable bonds is 0. The molecule has 0 spiro atoms. The Morgan fingerprint density at radius 3 is 0.929 bits per heavy atom. The summed E-state index contributed by atoms with van der Waals surface area (Å²) in [5.74, 6) is 0. The van der Waals surface area contributed by atoms with E-state index in [1.165, 1.54) is 108 Å². The van der Waals surface area contributed by atoms with Crippen LogP contribution in [0.1, 0.15) is 0 Å². The van der Waals surface area contributed by atoms with Gasteiger partial charge in [0.25, 0.3) is 0 Å². The molecule has 0 amide bonds. The van der Waals surface area contributed by atoms with Crippen molar-refractivity contribution in [1.29, 1.82) is 0 Å². The molecule has 42 heavy (non-hydrogen) atoms. The molecule has 0 saturated carbocycles. The molecule has 0 aliphatic heterocycles. The molecule has 0 aromatic heterocycles. The molecule has 11 aromatic rings. The fraction of sp³-hybridized carbons (Fsp3) is 0. The highest BCUT2D eigenvalue weighted by Gasteiger charge is 2.24. The first kappa shape index (κ1) is 21.3. The van der Waals surface area contributed by atoms with Crippen LogP contribution in [0.15, 0.2) is 133 Å². The monoisotopic (exact) mass is 526 g/mol. The summed E-state index contributed by atoms with van der Waals surface area (Å²) in [5.41, 5.74) is 0. The molecule has 190 valence electrons. The molecule has 11 rings (SSSR count). The number of benzene rings is 11. The molecule has 0 heterocycles. The van der Waals surface area contributed by atoms with Crippen molar-refractivity contribution in [2.24, 2.45) is 0 Å². The molecule has 0 unspecified atom stereocenters. The first-order valence-corrected chi connectivity index (χ1v) is 14.8. The molecule has 0 aliphatic rings. The molecule has 0 fully saturated rings. The summed E-state index contributed by atoms with van der Waals surface area (Å²) in [6.07, 6.45) is 0. The second-order valence-electron chi connectivity index (χ2n) is 12.0. The lowest BCUT2D eigenvalue weighted by Gasteiger charge is -2.23. The highest BCUT2D eigenvalue weighted by molar-refractivity contribution is 6.51. The molecule has 0 saturated heterocycles. The fourth-order valence-electron chi connectivity index (χ4n) is 8.49. The summed E-state index contributed by atoms with van der Waals surface area (Å²) in [6.45, 7) is 0. The number of hydrogen-bond acceptors (Lipinski definition) is 0. The van der Waals surface area contributed by atoms with Crippen LogP contribution in [-0.4, -0.2) is 0 Å². The standard InChI is InChI=1S/C42H22/c1-3-13-27-23(9-1)21-25-11-7-17-29-33-19-20-34-30-18-8-12-26-22-24-10-2-4-14-28(24)38(36(26)30)40-32-16-6-5-15-31(32)39(37(27)35(25)29)41(33)42(34)40/h1-22H. The van der Waals surface area contributed by atoms with Crippen molar-refractivity contribution in [3.63, 3.8) is 0 Å². The number of fused-ring (bicyclic) bond motifs is 11. The van der Waals surface area contributed by atoms with E-state index in [1.807, 2.05) is 0 Å². The topological polar surface area (TPSA) is 0 Å². The lowest BCUT2D eigenvalue weighted by atomic mass is 9.79. The van der Waals surface area contributed by atoms with Crippen molar-refractivity contribution in [3.05, 3.63) is 133 Å². The van der Waals surface area contributed by atoms with Crippen LogP contribution in [0.25, 0.3) is 108 Å². The summed E-state index contributed by atoms with van der Waals surface area (Å²) in [7, 11) is 0. The van der Waals surface area contributed by atoms with Crippen molar-refractivity contribution in [2.45, 2.75) is 0 Å². The Morgan fingerprint density at radius 2 is 0.476 bits per heavy atom. The third-order valence-corrected chi connectivity index (χ3v) is 10.0. The Bertz CT molecular complexity index is 2740. The van der Waals surface area contributed by atoms with Gasteiger partial charge in [-0.3, -0.25) is 0 Å². The molecule has 0 heteroatoms. The van der Waals surface area contributed by atoms with Crippen LogP contribution in [0.2, 0.25) is 0 Å². The van der Waals surface area contributed by atoms with Crippen LogP contribution >= 0.6 is 0 Å². The third kappa shape index (κ3) is 2.35. The van der Waals surface area contributed by atoms with E-state index >= 15 is 0 Å². The van der Waals surface area contributed by atoms with Gasteiger partial charge in [0.1, 0.15) is 0 Å². The molecule has 11 aromatic carbocycles. The van der Waals surface area contributed by atoms with Crippen LogP contribution in [0.5, 0.6) is 0 Å². The average Bonchev–Trinajstić information content (AvgIpc) is 3.05. The Kier molecular flexibility index (Phi) is 3.67. The Morgan fingerprint density at radius 1 is 0.190 bits per heavy atom. The minimum atomic E-state index is 1.30. The molecule has 0 nitrogen and oxygen atoms in total. The van der Waals surface area contributed by atoms with Gasteiger partial charge in [0.15, 0.2) is 0 Å². The van der Waals surface area contributed by atoms with Crippen LogP contribution in [0.3, 0.4) is 0 Å². The maximum absolute atomic E-state index is 2.40. The number of hydrogen-bond donors (Lipinski definition) is 0. The predicted molar refractivity (Wildman–Crippen MR) is 184 cm³/mol. The van der Waals surface area contributed by atoms with Gasteiger partial charge in [0.2, 0.25) is 0 Å². The lowest BCUT2D eigenvalue weighted by molar-refractivity contribution is 1.79. The predicted octanol–water partition coefficient (Wildman–Crippen LogP) is 12.1. The van der Waals surface area contributed by atoms with E-state index in [2.05, 4.69) is 133 Å². The van der Waals surface area contributed by atoms with Crippen LogP contribution in [-0.2, 0) is 0 Å². The minimum absolute atomic E-state index is 1.30. The summed E-state index contributed by atoms with van der Waals surface area (Å²) >= 11 is 0. The second-order valence-corrected chi connectivity index (χ2v) is 12.0. The van der Waals surface area contributed by atoms with E-state index in [9.17, 15) is 0 Å². The first-order chi connectivity index (χ1) is 20.9. The molecule has 0 atom stereocenters. The lowest BCUT2D eigenvalue weighted by Crippen LogP contribution is -1.94. The average molecular weight is 527 g/mol. The zero-order valence-electron chi connectivity index (χ0n) is 22.7. The van der Waals surface area contributed by atoms with Crippen molar-refractivity contribution < 1.29 is 0 Å². The smallest absolute Gasteiger partial charge is 0.000717 e. The maximum Gasteiger partial charge on any atom is -0.000717 e. The Hall–Kier alpha value is -5.46. The molecule has 0 aliphatic carbocycles. The van der Waals surface area contributed by atoms with Crippen LogP contribution in [0, 0.1) is 0 Å². The summed E-state index contributed by atoms with van der Waals surface area (Å²) in [6, 6.07) is 50.3. The normalized spacial score (nSPS) is 12.8. The SMILES string of the molecule is c1ccc2c(c1)cc1cccc3c4ccc5c6cccc7cc8ccccc8c(c76)c6c7ccccc7c(c2c13)c4c56. The van der Waals surface area contributed by atoms with Gasteiger partial charge in [-0.05, 0) is 120 Å². The minimum Gasteiger partial charge on any atom is -0.0616 e. The molecule has 0 radical (unpaired) electrons. The van der Waals surface area contributed by atoms with E-state index < -0.39 is 0 Å². The van der Waals surface area contributed by atoms with Gasteiger partial charge in [0.05, 0.1) is 0 Å². The van der Waals surface area contributed by atoms with E-state index in [1.54, 1.807) is 0 Å². The second kappa shape index (κ2) is 7.24. The molecule has 0 N–H and O–H groups in total. The summed E-state index contributed by atoms with van der Waals surface area (Å²) in [5, 5.41) is 27.0. The molecular formula is C42H22.